The van der Waals surface area contributed by atoms with Gasteiger partial charge >= 0.3 is 0 Å². The van der Waals surface area contributed by atoms with Gasteiger partial charge in [-0.25, -0.2) is 0 Å². The van der Waals surface area contributed by atoms with Crippen LogP contribution >= 0.6 is 11.6 Å². The highest BCUT2D eigenvalue weighted by molar-refractivity contribution is 6.32. The lowest BCUT2D eigenvalue weighted by molar-refractivity contribution is 0.414. The molecule has 4 nitrogen and oxygen atoms in total. The van der Waals surface area contributed by atoms with Crippen molar-refractivity contribution in [1.82, 2.24) is 5.16 Å². The van der Waals surface area contributed by atoms with Crippen LogP contribution in [0, 0.1) is 0 Å². The zero-order valence-electron chi connectivity index (χ0n) is 9.66. The van der Waals surface area contributed by atoms with Gasteiger partial charge in [-0.1, -0.05) is 23.7 Å². The molecule has 2 rings (SSSR count). The Labute approximate surface area is 104 Å². The first kappa shape index (κ1) is 11.8. The molecular formula is C12H13ClN2O2. The first-order chi connectivity index (χ1) is 8.17. The summed E-state index contributed by atoms with van der Waals surface area (Å²) in [6.45, 7) is 2.05. The summed E-state index contributed by atoms with van der Waals surface area (Å²) in [4.78, 5) is 0. The summed E-state index contributed by atoms with van der Waals surface area (Å²) < 4.78 is 10.1. The Bertz CT molecular complexity index is 537. The molecule has 0 amide bonds. The quantitative estimate of drug-likeness (QED) is 0.912. The topological polar surface area (TPSA) is 61.3 Å². The lowest BCUT2D eigenvalue weighted by atomic mass is 9.99. The molecule has 2 N–H and O–H groups in total. The van der Waals surface area contributed by atoms with E-state index in [-0.39, 0.29) is 0 Å². The Morgan fingerprint density at radius 1 is 1.41 bits per heavy atom. The van der Waals surface area contributed by atoms with Gasteiger partial charge in [0.25, 0.3) is 0 Å². The fourth-order valence-electron chi connectivity index (χ4n) is 1.75. The molecule has 0 aliphatic carbocycles. The van der Waals surface area contributed by atoms with Crippen molar-refractivity contribution in [3.8, 4) is 16.9 Å². The Morgan fingerprint density at radius 3 is 2.71 bits per heavy atom. The minimum atomic E-state index is 0.293. The number of anilines is 1. The average molecular weight is 253 g/mol. The Balaban J connectivity index is 2.61. The molecule has 90 valence electrons. The molecule has 0 radical (unpaired) electrons. The van der Waals surface area contributed by atoms with E-state index in [1.807, 2.05) is 12.1 Å². The standard InChI is InChI=1S/C12H13ClN2O2/c1-3-7-4-11(16-2)10(13)5-8(7)9-6-15-17-12(9)14/h4-6H,3,14H2,1-2H3. The molecule has 0 atom stereocenters. The SMILES string of the molecule is CCc1cc(OC)c(Cl)cc1-c1cnoc1N. The highest BCUT2D eigenvalue weighted by Gasteiger charge is 2.14. The lowest BCUT2D eigenvalue weighted by Gasteiger charge is -2.10. The van der Waals surface area contributed by atoms with Gasteiger partial charge in [-0.05, 0) is 29.7 Å². The van der Waals surface area contributed by atoms with E-state index >= 15 is 0 Å². The number of rotatable bonds is 3. The van der Waals surface area contributed by atoms with Crippen molar-refractivity contribution in [2.45, 2.75) is 13.3 Å². The number of methoxy groups -OCH3 is 1. The molecule has 0 unspecified atom stereocenters. The summed E-state index contributed by atoms with van der Waals surface area (Å²) in [6.07, 6.45) is 2.43. The van der Waals surface area contributed by atoms with Crippen LogP contribution in [0.5, 0.6) is 5.75 Å². The van der Waals surface area contributed by atoms with Crippen molar-refractivity contribution in [2.24, 2.45) is 0 Å². The first-order valence-corrected chi connectivity index (χ1v) is 5.62. The summed E-state index contributed by atoms with van der Waals surface area (Å²) in [5.74, 6) is 0.947. The number of nitrogen functional groups attached to an aromatic ring is 1. The molecule has 0 saturated carbocycles. The van der Waals surface area contributed by atoms with Crippen LogP contribution in [0.3, 0.4) is 0 Å². The first-order valence-electron chi connectivity index (χ1n) is 5.24. The fraction of sp³-hybridized carbons (Fsp3) is 0.250. The van der Waals surface area contributed by atoms with Crippen LogP contribution in [0.2, 0.25) is 5.02 Å². The monoisotopic (exact) mass is 252 g/mol. The fourth-order valence-corrected chi connectivity index (χ4v) is 1.99. The second kappa shape index (κ2) is 4.67. The highest BCUT2D eigenvalue weighted by Crippen LogP contribution is 2.36. The molecular weight excluding hydrogens is 240 g/mol. The van der Waals surface area contributed by atoms with Crippen molar-refractivity contribution in [3.05, 3.63) is 28.9 Å². The number of benzene rings is 1. The Morgan fingerprint density at radius 2 is 2.18 bits per heavy atom. The largest absolute Gasteiger partial charge is 0.495 e. The molecule has 0 aliphatic rings. The molecule has 0 bridgehead atoms. The predicted molar refractivity (Wildman–Crippen MR) is 67.3 cm³/mol. The van der Waals surface area contributed by atoms with Gasteiger partial charge in [-0.15, -0.1) is 0 Å². The van der Waals surface area contributed by atoms with Crippen LogP contribution in [0.4, 0.5) is 5.88 Å². The van der Waals surface area contributed by atoms with E-state index in [1.165, 1.54) is 0 Å². The van der Waals surface area contributed by atoms with Crippen LogP contribution in [-0.2, 0) is 6.42 Å². The average Bonchev–Trinajstić information content (AvgIpc) is 2.75. The van der Waals surface area contributed by atoms with E-state index in [2.05, 4.69) is 12.1 Å². The third kappa shape index (κ3) is 2.08. The van der Waals surface area contributed by atoms with Gasteiger partial charge < -0.3 is 15.0 Å². The maximum atomic E-state index is 6.11. The molecule has 0 saturated heterocycles. The minimum Gasteiger partial charge on any atom is -0.495 e. The Kier molecular flexibility index (Phi) is 3.24. The molecule has 2 aromatic rings. The third-order valence-electron chi connectivity index (χ3n) is 2.65. The zero-order chi connectivity index (χ0) is 12.4. The summed E-state index contributed by atoms with van der Waals surface area (Å²) in [5.41, 5.74) is 8.48. The van der Waals surface area contributed by atoms with Crippen LogP contribution in [0.25, 0.3) is 11.1 Å². The van der Waals surface area contributed by atoms with Gasteiger partial charge in [0.15, 0.2) is 0 Å². The maximum Gasteiger partial charge on any atom is 0.229 e. The number of halogens is 1. The number of nitrogens with two attached hydrogens (primary N) is 1. The molecule has 1 aromatic heterocycles. The van der Waals surface area contributed by atoms with Crippen LogP contribution < -0.4 is 10.5 Å². The van der Waals surface area contributed by atoms with Gasteiger partial charge in [0.05, 0.1) is 23.9 Å². The Hall–Kier alpha value is -1.68. The van der Waals surface area contributed by atoms with Crippen LogP contribution in [-0.4, -0.2) is 12.3 Å². The zero-order valence-corrected chi connectivity index (χ0v) is 10.4. The van der Waals surface area contributed by atoms with E-state index < -0.39 is 0 Å². The minimum absolute atomic E-state index is 0.293. The van der Waals surface area contributed by atoms with Gasteiger partial charge in [-0.2, -0.15) is 0 Å². The third-order valence-corrected chi connectivity index (χ3v) is 2.94. The number of ether oxygens (including phenoxy) is 1. The van der Waals surface area contributed by atoms with Gasteiger partial charge in [0.2, 0.25) is 5.88 Å². The lowest BCUT2D eigenvalue weighted by Crippen LogP contribution is -1.93. The summed E-state index contributed by atoms with van der Waals surface area (Å²) in [7, 11) is 1.59. The van der Waals surface area contributed by atoms with Gasteiger partial charge in [0, 0.05) is 0 Å². The smallest absolute Gasteiger partial charge is 0.229 e. The van der Waals surface area contributed by atoms with E-state index in [1.54, 1.807) is 13.3 Å². The maximum absolute atomic E-state index is 6.11. The number of aryl methyl sites for hydroxylation is 1. The van der Waals surface area contributed by atoms with Crippen molar-refractivity contribution >= 4 is 17.5 Å². The second-order valence-corrected chi connectivity index (χ2v) is 4.01. The summed E-state index contributed by atoms with van der Waals surface area (Å²) >= 11 is 6.11. The van der Waals surface area contributed by atoms with E-state index in [4.69, 9.17) is 26.6 Å². The van der Waals surface area contributed by atoms with Crippen molar-refractivity contribution < 1.29 is 9.26 Å². The molecule has 1 heterocycles. The number of aromatic nitrogens is 1. The normalized spacial score (nSPS) is 10.5. The number of nitrogens with zero attached hydrogens (tertiary/aromatic N) is 1. The second-order valence-electron chi connectivity index (χ2n) is 3.60. The van der Waals surface area contributed by atoms with Crippen LogP contribution in [0.15, 0.2) is 22.9 Å². The molecule has 17 heavy (non-hydrogen) atoms. The van der Waals surface area contributed by atoms with E-state index in [0.717, 1.165) is 23.1 Å². The number of hydrogen-bond donors (Lipinski definition) is 1. The molecule has 0 aliphatic heterocycles. The highest BCUT2D eigenvalue weighted by atomic mass is 35.5. The van der Waals surface area contributed by atoms with Crippen molar-refractivity contribution in [1.29, 1.82) is 0 Å². The van der Waals surface area contributed by atoms with E-state index in [0.29, 0.717) is 16.7 Å². The predicted octanol–water partition coefficient (Wildman–Crippen LogP) is 3.15. The molecule has 0 spiro atoms. The van der Waals surface area contributed by atoms with Gasteiger partial charge in [-0.3, -0.25) is 0 Å². The summed E-state index contributed by atoms with van der Waals surface area (Å²) in [5, 5.41) is 4.21. The van der Waals surface area contributed by atoms with Crippen LogP contribution in [0.1, 0.15) is 12.5 Å². The van der Waals surface area contributed by atoms with Gasteiger partial charge in [0.1, 0.15) is 5.75 Å². The molecule has 1 aromatic carbocycles. The molecule has 0 fully saturated rings. The van der Waals surface area contributed by atoms with Crippen molar-refractivity contribution in [2.75, 3.05) is 12.8 Å². The van der Waals surface area contributed by atoms with E-state index in [9.17, 15) is 0 Å². The number of hydrogen-bond acceptors (Lipinski definition) is 4. The van der Waals surface area contributed by atoms with Crippen molar-refractivity contribution in [3.63, 3.8) is 0 Å². The molecule has 5 heteroatoms. The summed E-state index contributed by atoms with van der Waals surface area (Å²) in [6, 6.07) is 3.73.